The van der Waals surface area contributed by atoms with E-state index < -0.39 is 10.5 Å². The molecule has 0 radical (unpaired) electrons. The molecule has 15 heavy (non-hydrogen) atoms. The summed E-state index contributed by atoms with van der Waals surface area (Å²) in [4.78, 5) is 25.3. The van der Waals surface area contributed by atoms with Gasteiger partial charge in [-0.25, -0.2) is 9.78 Å². The highest BCUT2D eigenvalue weighted by Crippen LogP contribution is 2.20. The lowest BCUT2D eigenvalue weighted by molar-refractivity contribution is -0.383. The topological polar surface area (TPSA) is 86.2 Å². The number of hydrogen-bond donors (Lipinski definition) is 0. The van der Waals surface area contributed by atoms with E-state index in [9.17, 15) is 14.9 Å². The quantitative estimate of drug-likeness (QED) is 0.520. The molecule has 0 unspecified atom stereocenters. The molecule has 0 fully saturated rings. The van der Waals surface area contributed by atoms with Gasteiger partial charge in [0, 0.05) is 13.0 Å². The third kappa shape index (κ3) is 1.45. The summed E-state index contributed by atoms with van der Waals surface area (Å²) in [6.07, 6.45) is 0. The summed E-state index contributed by atoms with van der Waals surface area (Å²) in [5, 5.41) is 10.8. The van der Waals surface area contributed by atoms with Crippen LogP contribution in [-0.4, -0.2) is 9.91 Å². The number of benzene rings is 1. The van der Waals surface area contributed by atoms with Crippen molar-refractivity contribution in [3.05, 3.63) is 44.6 Å². The van der Waals surface area contributed by atoms with Gasteiger partial charge < -0.3 is 4.42 Å². The number of nitrogens with zero attached hydrogens (tertiary/aromatic N) is 2. The first-order valence-electron chi connectivity index (χ1n) is 4.14. The van der Waals surface area contributed by atoms with Gasteiger partial charge in [0.25, 0.3) is 5.69 Å². The molecule has 1 aromatic heterocycles. The molecule has 0 aliphatic rings. The van der Waals surface area contributed by atoms with Crippen LogP contribution < -0.4 is 5.63 Å². The highest BCUT2D eigenvalue weighted by atomic mass is 16.6. The van der Waals surface area contributed by atoms with Gasteiger partial charge in [0.2, 0.25) is 0 Å². The van der Waals surface area contributed by atoms with Crippen molar-refractivity contribution in [3.8, 4) is 0 Å². The normalized spacial score (nSPS) is 10.5. The minimum Gasteiger partial charge on any atom is -0.408 e. The van der Waals surface area contributed by atoms with E-state index in [4.69, 9.17) is 4.42 Å². The van der Waals surface area contributed by atoms with Gasteiger partial charge in [-0.15, -0.1) is 0 Å². The van der Waals surface area contributed by atoms with E-state index in [-0.39, 0.29) is 22.5 Å². The molecule has 0 atom stereocenters. The van der Waals surface area contributed by atoms with Crippen molar-refractivity contribution in [2.45, 2.75) is 6.92 Å². The number of aryl methyl sites for hydroxylation is 1. The number of nitro benzene ring substituents is 1. The van der Waals surface area contributed by atoms with Crippen molar-refractivity contribution in [2.75, 3.05) is 0 Å². The van der Waals surface area contributed by atoms with Gasteiger partial charge >= 0.3 is 5.63 Å². The third-order valence-electron chi connectivity index (χ3n) is 1.94. The van der Waals surface area contributed by atoms with Gasteiger partial charge in [-0.1, -0.05) is 6.07 Å². The molecule has 0 saturated heterocycles. The summed E-state index contributed by atoms with van der Waals surface area (Å²) in [5.74, 6) is 0.113. The molecule has 1 aromatic carbocycles. The lowest BCUT2D eigenvalue weighted by Gasteiger charge is -1.97. The molecule has 0 bridgehead atoms. The van der Waals surface area contributed by atoms with Crippen LogP contribution in [-0.2, 0) is 0 Å². The Bertz CT molecular complexity index is 603. The Morgan fingerprint density at radius 3 is 2.87 bits per heavy atom. The minimum absolute atomic E-state index is 0.0660. The van der Waals surface area contributed by atoms with E-state index in [1.165, 1.54) is 25.1 Å². The van der Waals surface area contributed by atoms with Crippen molar-refractivity contribution in [2.24, 2.45) is 0 Å². The predicted molar refractivity (Wildman–Crippen MR) is 51.7 cm³/mol. The van der Waals surface area contributed by atoms with Gasteiger partial charge in [-0.2, -0.15) is 0 Å². The molecule has 76 valence electrons. The SMILES string of the molecule is Cc1nc2c([N+](=O)[O-])cccc2c(=O)o1. The van der Waals surface area contributed by atoms with E-state index in [0.717, 1.165) is 0 Å². The molecule has 1 heterocycles. The summed E-state index contributed by atoms with van der Waals surface area (Å²) >= 11 is 0. The monoisotopic (exact) mass is 206 g/mol. The van der Waals surface area contributed by atoms with E-state index >= 15 is 0 Å². The van der Waals surface area contributed by atoms with E-state index in [1.54, 1.807) is 0 Å². The lowest BCUT2D eigenvalue weighted by Crippen LogP contribution is -2.04. The molecule has 2 rings (SSSR count). The first-order valence-corrected chi connectivity index (χ1v) is 4.14. The summed E-state index contributed by atoms with van der Waals surface area (Å²) in [5.41, 5.74) is -0.735. The second-order valence-electron chi connectivity index (χ2n) is 2.95. The summed E-state index contributed by atoms with van der Waals surface area (Å²) < 4.78 is 4.74. The van der Waals surface area contributed by atoms with Crippen LogP contribution in [0.2, 0.25) is 0 Å². The maximum atomic E-state index is 11.3. The number of hydrogen-bond acceptors (Lipinski definition) is 5. The number of nitro groups is 1. The fourth-order valence-corrected chi connectivity index (χ4v) is 1.33. The van der Waals surface area contributed by atoms with Crippen molar-refractivity contribution in [1.29, 1.82) is 0 Å². The van der Waals surface area contributed by atoms with Crippen LogP contribution in [0.3, 0.4) is 0 Å². The van der Waals surface area contributed by atoms with Gasteiger partial charge in [-0.3, -0.25) is 10.1 Å². The molecular formula is C9H6N2O4. The fraction of sp³-hybridized carbons (Fsp3) is 0.111. The zero-order valence-corrected chi connectivity index (χ0v) is 7.76. The molecule has 0 aliphatic carbocycles. The molecule has 0 N–H and O–H groups in total. The van der Waals surface area contributed by atoms with E-state index in [1.807, 2.05) is 0 Å². The Hall–Kier alpha value is -2.24. The first kappa shape index (κ1) is 9.32. The van der Waals surface area contributed by atoms with E-state index in [2.05, 4.69) is 4.98 Å². The van der Waals surface area contributed by atoms with Crippen molar-refractivity contribution >= 4 is 16.6 Å². The number of non-ortho nitro benzene ring substituents is 1. The smallest absolute Gasteiger partial charge is 0.347 e. The van der Waals surface area contributed by atoms with Crippen LogP contribution in [0.25, 0.3) is 10.9 Å². The second-order valence-corrected chi connectivity index (χ2v) is 2.95. The molecular weight excluding hydrogens is 200 g/mol. The van der Waals surface area contributed by atoms with Crippen molar-refractivity contribution < 1.29 is 9.34 Å². The number of para-hydroxylation sites is 1. The Kier molecular flexibility index (Phi) is 1.96. The summed E-state index contributed by atoms with van der Waals surface area (Å²) in [6.45, 7) is 1.47. The van der Waals surface area contributed by atoms with Crippen LogP contribution in [0.15, 0.2) is 27.4 Å². The molecule has 0 spiro atoms. The van der Waals surface area contributed by atoms with Crippen LogP contribution in [0.1, 0.15) is 5.89 Å². The lowest BCUT2D eigenvalue weighted by atomic mass is 10.2. The first-order chi connectivity index (χ1) is 7.09. The van der Waals surface area contributed by atoms with Gasteiger partial charge in [0.15, 0.2) is 11.4 Å². The van der Waals surface area contributed by atoms with Crippen LogP contribution in [0.4, 0.5) is 5.69 Å². The van der Waals surface area contributed by atoms with E-state index in [0.29, 0.717) is 0 Å². The number of rotatable bonds is 1. The standard InChI is InChI=1S/C9H6N2O4/c1-5-10-8-6(9(12)15-5)3-2-4-7(8)11(13)14/h2-4H,1H3. The number of fused-ring (bicyclic) bond motifs is 1. The zero-order valence-electron chi connectivity index (χ0n) is 7.76. The highest BCUT2D eigenvalue weighted by molar-refractivity contribution is 5.85. The Morgan fingerprint density at radius 1 is 1.47 bits per heavy atom. The maximum absolute atomic E-state index is 11.3. The maximum Gasteiger partial charge on any atom is 0.347 e. The Balaban J connectivity index is 2.97. The van der Waals surface area contributed by atoms with Crippen LogP contribution in [0, 0.1) is 17.0 Å². The second kappa shape index (κ2) is 3.16. The van der Waals surface area contributed by atoms with Crippen molar-refractivity contribution in [1.82, 2.24) is 4.98 Å². The average molecular weight is 206 g/mol. The Morgan fingerprint density at radius 2 is 2.20 bits per heavy atom. The van der Waals surface area contributed by atoms with Crippen LogP contribution >= 0.6 is 0 Å². The largest absolute Gasteiger partial charge is 0.408 e. The molecule has 2 aromatic rings. The minimum atomic E-state index is -0.610. The molecule has 0 saturated carbocycles. The summed E-state index contributed by atoms with van der Waals surface area (Å²) in [6, 6.07) is 4.17. The van der Waals surface area contributed by atoms with Crippen LogP contribution in [0.5, 0.6) is 0 Å². The Labute approximate surface area is 83.3 Å². The van der Waals surface area contributed by atoms with Gasteiger partial charge in [-0.05, 0) is 6.07 Å². The number of aromatic nitrogens is 1. The van der Waals surface area contributed by atoms with Gasteiger partial charge in [0.05, 0.1) is 10.3 Å². The molecule has 6 nitrogen and oxygen atoms in total. The molecule has 0 aliphatic heterocycles. The molecule has 0 amide bonds. The van der Waals surface area contributed by atoms with Gasteiger partial charge in [0.1, 0.15) is 0 Å². The molecule has 6 heteroatoms. The summed E-state index contributed by atoms with van der Waals surface area (Å²) in [7, 11) is 0. The third-order valence-corrected chi connectivity index (χ3v) is 1.94. The zero-order chi connectivity index (χ0) is 11.0. The fourth-order valence-electron chi connectivity index (χ4n) is 1.33. The predicted octanol–water partition coefficient (Wildman–Crippen LogP) is 1.40. The van der Waals surface area contributed by atoms with Crippen molar-refractivity contribution in [3.63, 3.8) is 0 Å². The average Bonchev–Trinajstić information content (AvgIpc) is 2.16. The highest BCUT2D eigenvalue weighted by Gasteiger charge is 2.15.